The lowest BCUT2D eigenvalue weighted by Crippen LogP contribution is -2.25. The van der Waals surface area contributed by atoms with E-state index >= 15 is 0 Å². The first kappa shape index (κ1) is 29.6. The second-order valence-corrected chi connectivity index (χ2v) is 15.4. The molecule has 0 aromatic carbocycles. The molecule has 2 saturated carbocycles. The van der Waals surface area contributed by atoms with Crippen molar-refractivity contribution in [2.75, 3.05) is 11.5 Å². The predicted octanol–water partition coefficient (Wildman–Crippen LogP) is 11.3. The summed E-state index contributed by atoms with van der Waals surface area (Å²) in [6.07, 6.45) is 26.8. The molecule has 0 aliphatic heterocycles. The summed E-state index contributed by atoms with van der Waals surface area (Å²) in [5.41, 5.74) is 1.07. The standard InChI is InChI=1S/C32H62S/c1-31(2,3)29-21-17-27(18-22-29)15-11-7-9-13-25-33-26-14-10-8-12-16-28-19-23-30(24-20-28)32(4,5)6/h27-30H,7-26H2,1-6H3. The van der Waals surface area contributed by atoms with Crippen LogP contribution in [0.3, 0.4) is 0 Å². The summed E-state index contributed by atoms with van der Waals surface area (Å²) in [6.45, 7) is 14.6. The Morgan fingerprint density at radius 2 is 0.788 bits per heavy atom. The summed E-state index contributed by atoms with van der Waals surface area (Å²) < 4.78 is 0. The van der Waals surface area contributed by atoms with Crippen molar-refractivity contribution in [1.29, 1.82) is 0 Å². The van der Waals surface area contributed by atoms with Crippen LogP contribution in [0.1, 0.15) is 157 Å². The smallest absolute Gasteiger partial charge is 0.00675 e. The van der Waals surface area contributed by atoms with Crippen LogP contribution >= 0.6 is 11.8 Å². The van der Waals surface area contributed by atoms with Gasteiger partial charge in [0, 0.05) is 0 Å². The molecule has 0 nitrogen and oxygen atoms in total. The Hall–Kier alpha value is 0.350. The average molecular weight is 479 g/mol. The summed E-state index contributed by atoms with van der Waals surface area (Å²) in [5, 5.41) is 0. The van der Waals surface area contributed by atoms with Crippen molar-refractivity contribution in [2.24, 2.45) is 34.5 Å². The van der Waals surface area contributed by atoms with Crippen molar-refractivity contribution in [3.05, 3.63) is 0 Å². The van der Waals surface area contributed by atoms with E-state index in [-0.39, 0.29) is 0 Å². The molecule has 0 spiro atoms. The highest BCUT2D eigenvalue weighted by atomic mass is 32.2. The van der Waals surface area contributed by atoms with E-state index in [1.807, 2.05) is 0 Å². The van der Waals surface area contributed by atoms with Gasteiger partial charge in [-0.2, -0.15) is 11.8 Å². The van der Waals surface area contributed by atoms with Crippen LogP contribution < -0.4 is 0 Å². The highest BCUT2D eigenvalue weighted by Crippen LogP contribution is 2.42. The van der Waals surface area contributed by atoms with E-state index in [4.69, 9.17) is 0 Å². The predicted molar refractivity (Wildman–Crippen MR) is 153 cm³/mol. The minimum Gasteiger partial charge on any atom is -0.162 e. The normalized spacial score (nSPS) is 27.1. The molecule has 0 saturated heterocycles. The Balaban J connectivity index is 1.30. The van der Waals surface area contributed by atoms with E-state index in [0.717, 1.165) is 23.7 Å². The summed E-state index contributed by atoms with van der Waals surface area (Å²) in [4.78, 5) is 0. The van der Waals surface area contributed by atoms with Crippen molar-refractivity contribution in [1.82, 2.24) is 0 Å². The number of rotatable bonds is 14. The zero-order chi connectivity index (χ0) is 24.2. The molecule has 0 radical (unpaired) electrons. The Labute approximate surface area is 214 Å². The zero-order valence-corrected chi connectivity index (χ0v) is 24.7. The third-order valence-corrected chi connectivity index (χ3v) is 10.6. The highest BCUT2D eigenvalue weighted by molar-refractivity contribution is 7.99. The molecule has 0 atom stereocenters. The highest BCUT2D eigenvalue weighted by Gasteiger charge is 2.30. The third kappa shape index (κ3) is 12.7. The van der Waals surface area contributed by atoms with E-state index < -0.39 is 0 Å². The first-order chi connectivity index (χ1) is 15.7. The van der Waals surface area contributed by atoms with Gasteiger partial charge in [0.05, 0.1) is 0 Å². The van der Waals surface area contributed by atoms with Gasteiger partial charge in [0.2, 0.25) is 0 Å². The Kier molecular flexibility index (Phi) is 13.9. The lowest BCUT2D eigenvalue weighted by atomic mass is 9.69. The van der Waals surface area contributed by atoms with Gasteiger partial charge < -0.3 is 0 Å². The quantitative estimate of drug-likeness (QED) is 0.224. The summed E-state index contributed by atoms with van der Waals surface area (Å²) in [7, 11) is 0. The minimum atomic E-state index is 0.536. The molecule has 1 heteroatoms. The molecular weight excluding hydrogens is 416 g/mol. The van der Waals surface area contributed by atoms with E-state index in [0.29, 0.717) is 10.8 Å². The van der Waals surface area contributed by atoms with Crippen LogP contribution in [0.4, 0.5) is 0 Å². The Morgan fingerprint density at radius 3 is 1.12 bits per heavy atom. The third-order valence-electron chi connectivity index (χ3n) is 9.45. The molecule has 0 amide bonds. The van der Waals surface area contributed by atoms with E-state index in [9.17, 15) is 0 Å². The fourth-order valence-electron chi connectivity index (χ4n) is 6.72. The largest absolute Gasteiger partial charge is 0.162 e. The lowest BCUT2D eigenvalue weighted by Gasteiger charge is -2.37. The SMILES string of the molecule is CC(C)(C)C1CCC(CCCCCCSCCCCCCC2CCC(C(C)(C)C)CC2)CC1. The Morgan fingerprint density at radius 1 is 0.455 bits per heavy atom. The monoisotopic (exact) mass is 478 g/mol. The topological polar surface area (TPSA) is 0 Å². The molecule has 0 aromatic rings. The molecule has 0 aromatic heterocycles. The van der Waals surface area contributed by atoms with Gasteiger partial charge in [0.15, 0.2) is 0 Å². The number of thioether (sulfide) groups is 1. The van der Waals surface area contributed by atoms with Gasteiger partial charge >= 0.3 is 0 Å². The maximum absolute atomic E-state index is 2.44. The Bertz CT molecular complexity index is 422. The second kappa shape index (κ2) is 15.5. The number of hydrogen-bond acceptors (Lipinski definition) is 1. The van der Waals surface area contributed by atoms with Crippen molar-refractivity contribution in [3.8, 4) is 0 Å². The molecule has 2 aliphatic rings. The molecule has 196 valence electrons. The van der Waals surface area contributed by atoms with Gasteiger partial charge in [-0.25, -0.2) is 0 Å². The van der Waals surface area contributed by atoms with Crippen molar-refractivity contribution in [2.45, 2.75) is 157 Å². The van der Waals surface area contributed by atoms with Crippen molar-refractivity contribution >= 4 is 11.8 Å². The first-order valence-corrected chi connectivity index (χ1v) is 16.4. The van der Waals surface area contributed by atoms with Gasteiger partial charge in [-0.1, -0.05) is 119 Å². The maximum atomic E-state index is 2.44. The molecule has 0 N–H and O–H groups in total. The molecule has 0 heterocycles. The molecule has 33 heavy (non-hydrogen) atoms. The molecule has 0 bridgehead atoms. The molecule has 2 aliphatic carbocycles. The van der Waals surface area contributed by atoms with Crippen LogP contribution in [0.2, 0.25) is 0 Å². The zero-order valence-electron chi connectivity index (χ0n) is 23.9. The van der Waals surface area contributed by atoms with Gasteiger partial charge in [-0.05, 0) is 84.5 Å². The van der Waals surface area contributed by atoms with Crippen LogP contribution in [0.25, 0.3) is 0 Å². The summed E-state index contributed by atoms with van der Waals surface area (Å²) in [5.74, 6) is 6.88. The van der Waals surface area contributed by atoms with Crippen molar-refractivity contribution < 1.29 is 0 Å². The number of unbranched alkanes of at least 4 members (excludes halogenated alkanes) is 6. The van der Waals surface area contributed by atoms with E-state index in [2.05, 4.69) is 53.3 Å². The van der Waals surface area contributed by atoms with Crippen LogP contribution in [-0.2, 0) is 0 Å². The average Bonchev–Trinajstić information content (AvgIpc) is 2.76. The van der Waals surface area contributed by atoms with Gasteiger partial charge in [-0.15, -0.1) is 0 Å². The lowest BCUT2D eigenvalue weighted by molar-refractivity contribution is 0.145. The van der Waals surface area contributed by atoms with E-state index in [1.165, 1.54) is 127 Å². The van der Waals surface area contributed by atoms with Gasteiger partial charge in [0.25, 0.3) is 0 Å². The fourth-order valence-corrected chi connectivity index (χ4v) is 7.74. The van der Waals surface area contributed by atoms with Gasteiger partial charge in [0.1, 0.15) is 0 Å². The molecule has 2 rings (SSSR count). The first-order valence-electron chi connectivity index (χ1n) is 15.2. The molecule has 0 unspecified atom stereocenters. The minimum absolute atomic E-state index is 0.536. The second-order valence-electron chi connectivity index (χ2n) is 14.2. The van der Waals surface area contributed by atoms with Crippen LogP contribution in [-0.4, -0.2) is 11.5 Å². The van der Waals surface area contributed by atoms with Crippen LogP contribution in [0, 0.1) is 34.5 Å². The summed E-state index contributed by atoms with van der Waals surface area (Å²) >= 11 is 2.23. The van der Waals surface area contributed by atoms with Crippen molar-refractivity contribution in [3.63, 3.8) is 0 Å². The fraction of sp³-hybridized carbons (Fsp3) is 1.00. The summed E-state index contributed by atoms with van der Waals surface area (Å²) in [6, 6.07) is 0. The molecule has 2 fully saturated rings. The number of hydrogen-bond donors (Lipinski definition) is 0. The maximum Gasteiger partial charge on any atom is -0.00675 e. The van der Waals surface area contributed by atoms with Crippen LogP contribution in [0.5, 0.6) is 0 Å². The van der Waals surface area contributed by atoms with Gasteiger partial charge in [-0.3, -0.25) is 0 Å². The molecular formula is C32H62S. The van der Waals surface area contributed by atoms with Crippen LogP contribution in [0.15, 0.2) is 0 Å². The van der Waals surface area contributed by atoms with E-state index in [1.54, 1.807) is 0 Å².